The van der Waals surface area contributed by atoms with Gasteiger partial charge < -0.3 is 5.11 Å². The van der Waals surface area contributed by atoms with E-state index in [-0.39, 0.29) is 6.61 Å². The van der Waals surface area contributed by atoms with Crippen molar-refractivity contribution >= 4 is 16.4 Å². The maximum Gasteiger partial charge on any atom is 0.423 e. The van der Waals surface area contributed by atoms with Gasteiger partial charge in [-0.15, -0.1) is 0 Å². The molecule has 0 aromatic carbocycles. The zero-order valence-electron chi connectivity index (χ0n) is 5.72. The highest BCUT2D eigenvalue weighted by atomic mass is 32.2. The quantitative estimate of drug-likeness (QED) is 0.551. The van der Waals surface area contributed by atoms with Crippen molar-refractivity contribution in [3.8, 4) is 0 Å². The summed E-state index contributed by atoms with van der Waals surface area (Å²) in [6.45, 7) is 1.35. The van der Waals surface area contributed by atoms with E-state index in [0.29, 0.717) is 4.31 Å². The van der Waals surface area contributed by atoms with Crippen LogP contribution in [0.25, 0.3) is 0 Å². The standard InChI is InChI=1S/C4H7NO5S/c1-3-2-10-11(8,9)5(3)4(6)7/h3H,2H2,1H3,(H,6,7)/t3-/m1/s1. The van der Waals surface area contributed by atoms with E-state index in [1.54, 1.807) is 0 Å². The number of nitrogens with zero attached hydrogens (tertiary/aromatic N) is 1. The van der Waals surface area contributed by atoms with Crippen LogP contribution in [0, 0.1) is 0 Å². The first-order chi connectivity index (χ1) is 4.95. The monoisotopic (exact) mass is 181 g/mol. The van der Waals surface area contributed by atoms with Crippen molar-refractivity contribution in [3.63, 3.8) is 0 Å². The first kappa shape index (κ1) is 8.28. The first-order valence-corrected chi connectivity index (χ1v) is 4.23. The molecule has 1 heterocycles. The fourth-order valence-corrected chi connectivity index (χ4v) is 1.99. The van der Waals surface area contributed by atoms with Crippen LogP contribution in [0.15, 0.2) is 0 Å². The molecule has 0 aromatic heterocycles. The van der Waals surface area contributed by atoms with Gasteiger partial charge in [-0.25, -0.2) is 4.79 Å². The Balaban J connectivity index is 2.99. The molecule has 0 unspecified atom stereocenters. The minimum atomic E-state index is -4.00. The van der Waals surface area contributed by atoms with E-state index in [1.165, 1.54) is 6.92 Å². The van der Waals surface area contributed by atoms with E-state index in [1.807, 2.05) is 0 Å². The predicted molar refractivity (Wildman–Crippen MR) is 34.2 cm³/mol. The average molecular weight is 181 g/mol. The van der Waals surface area contributed by atoms with Crippen LogP contribution in [0.5, 0.6) is 0 Å². The van der Waals surface area contributed by atoms with E-state index in [4.69, 9.17) is 5.11 Å². The summed E-state index contributed by atoms with van der Waals surface area (Å²) in [6.07, 6.45) is -1.50. The summed E-state index contributed by atoms with van der Waals surface area (Å²) in [7, 11) is -4.00. The lowest BCUT2D eigenvalue weighted by Gasteiger charge is -2.11. The average Bonchev–Trinajstić information content (AvgIpc) is 2.06. The molecule has 1 rings (SSSR count). The summed E-state index contributed by atoms with van der Waals surface area (Å²) < 4.78 is 26.0. The highest BCUT2D eigenvalue weighted by molar-refractivity contribution is 7.85. The van der Waals surface area contributed by atoms with Gasteiger partial charge in [0.2, 0.25) is 0 Å². The lowest BCUT2D eigenvalue weighted by Crippen LogP contribution is -2.36. The number of carboxylic acid groups (broad SMARTS) is 1. The van der Waals surface area contributed by atoms with Crippen LogP contribution in [0.3, 0.4) is 0 Å². The van der Waals surface area contributed by atoms with Crippen molar-refractivity contribution in [2.45, 2.75) is 13.0 Å². The number of carbonyl (C=O) groups is 1. The third-order valence-corrected chi connectivity index (χ3v) is 2.72. The van der Waals surface area contributed by atoms with E-state index >= 15 is 0 Å². The van der Waals surface area contributed by atoms with Gasteiger partial charge in [0.1, 0.15) is 0 Å². The van der Waals surface area contributed by atoms with E-state index < -0.39 is 22.4 Å². The second-order valence-corrected chi connectivity index (χ2v) is 3.65. The smallest absolute Gasteiger partial charge is 0.423 e. The van der Waals surface area contributed by atoms with Crippen LogP contribution in [0.1, 0.15) is 6.92 Å². The molecule has 1 N–H and O–H groups in total. The Labute approximate surface area is 63.6 Å². The lowest BCUT2D eigenvalue weighted by molar-refractivity contribution is 0.167. The lowest BCUT2D eigenvalue weighted by atomic mass is 10.4. The van der Waals surface area contributed by atoms with Gasteiger partial charge in [-0.05, 0) is 6.92 Å². The summed E-state index contributed by atoms with van der Waals surface area (Å²) in [6, 6.07) is -0.627. The van der Waals surface area contributed by atoms with E-state index in [2.05, 4.69) is 4.18 Å². The van der Waals surface area contributed by atoms with Crippen LogP contribution < -0.4 is 0 Å². The van der Waals surface area contributed by atoms with Crippen LogP contribution in [-0.2, 0) is 14.5 Å². The van der Waals surface area contributed by atoms with Gasteiger partial charge >= 0.3 is 16.4 Å². The topological polar surface area (TPSA) is 83.9 Å². The molecule has 0 spiro atoms. The van der Waals surface area contributed by atoms with Gasteiger partial charge in [0.15, 0.2) is 0 Å². The molecule has 11 heavy (non-hydrogen) atoms. The van der Waals surface area contributed by atoms with Gasteiger partial charge in [-0.3, -0.25) is 4.18 Å². The molecule has 1 saturated heterocycles. The highest BCUT2D eigenvalue weighted by Gasteiger charge is 2.39. The van der Waals surface area contributed by atoms with Crippen molar-refractivity contribution in [2.75, 3.05) is 6.61 Å². The molecule has 6 nitrogen and oxygen atoms in total. The molecular weight excluding hydrogens is 174 g/mol. The van der Waals surface area contributed by atoms with Gasteiger partial charge in [0, 0.05) is 0 Å². The normalized spacial score (nSPS) is 28.8. The molecule has 0 aliphatic carbocycles. The summed E-state index contributed by atoms with van der Waals surface area (Å²) >= 11 is 0. The summed E-state index contributed by atoms with van der Waals surface area (Å²) in [4.78, 5) is 10.3. The van der Waals surface area contributed by atoms with Crippen molar-refractivity contribution in [3.05, 3.63) is 0 Å². The van der Waals surface area contributed by atoms with Gasteiger partial charge in [-0.1, -0.05) is 0 Å². The van der Waals surface area contributed by atoms with E-state index in [9.17, 15) is 13.2 Å². The fourth-order valence-electron chi connectivity index (χ4n) is 0.813. The minimum absolute atomic E-state index is 0.103. The molecule has 1 amide bonds. The molecule has 0 saturated carbocycles. The fraction of sp³-hybridized carbons (Fsp3) is 0.750. The van der Waals surface area contributed by atoms with Crippen LogP contribution in [0.4, 0.5) is 4.79 Å². The predicted octanol–water partition coefficient (Wildman–Crippen LogP) is -0.370. The molecule has 0 radical (unpaired) electrons. The minimum Gasteiger partial charge on any atom is -0.464 e. The maximum atomic E-state index is 10.7. The molecule has 7 heteroatoms. The highest BCUT2D eigenvalue weighted by Crippen LogP contribution is 2.17. The van der Waals surface area contributed by atoms with Crippen molar-refractivity contribution in [1.29, 1.82) is 0 Å². The van der Waals surface area contributed by atoms with Gasteiger partial charge in [-0.2, -0.15) is 12.7 Å². The second kappa shape index (κ2) is 2.35. The Hall–Kier alpha value is -0.820. The number of rotatable bonds is 0. The maximum absolute atomic E-state index is 10.7. The van der Waals surface area contributed by atoms with Crippen LogP contribution in [0.2, 0.25) is 0 Å². The summed E-state index contributed by atoms with van der Waals surface area (Å²) in [5.41, 5.74) is 0. The van der Waals surface area contributed by atoms with Gasteiger partial charge in [0.25, 0.3) is 0 Å². The zero-order valence-corrected chi connectivity index (χ0v) is 6.54. The number of hydrogen-bond acceptors (Lipinski definition) is 4. The van der Waals surface area contributed by atoms with Crippen molar-refractivity contribution in [2.24, 2.45) is 0 Å². The zero-order chi connectivity index (χ0) is 8.65. The Kier molecular flexibility index (Phi) is 1.77. The largest absolute Gasteiger partial charge is 0.464 e. The molecule has 0 bridgehead atoms. The SMILES string of the molecule is C[C@@H]1COS(=O)(=O)N1C(=O)O. The molecule has 0 aromatic rings. The third-order valence-electron chi connectivity index (χ3n) is 1.29. The van der Waals surface area contributed by atoms with Crippen LogP contribution in [-0.4, -0.2) is 36.6 Å². The molecular formula is C4H7NO5S. The van der Waals surface area contributed by atoms with Crippen molar-refractivity contribution in [1.82, 2.24) is 4.31 Å². The number of amides is 1. The third kappa shape index (κ3) is 1.29. The molecule has 1 fully saturated rings. The Morgan fingerprint density at radius 3 is 2.45 bits per heavy atom. The Morgan fingerprint density at radius 1 is 1.73 bits per heavy atom. The molecule has 1 atom stereocenters. The Bertz CT molecular complexity index is 270. The van der Waals surface area contributed by atoms with E-state index in [0.717, 1.165) is 0 Å². The van der Waals surface area contributed by atoms with Crippen molar-refractivity contribution < 1.29 is 22.5 Å². The Morgan fingerprint density at radius 2 is 2.27 bits per heavy atom. The summed E-state index contributed by atoms with van der Waals surface area (Å²) in [5, 5.41) is 8.39. The number of hydrogen-bond donors (Lipinski definition) is 1. The van der Waals surface area contributed by atoms with Gasteiger partial charge in [0.05, 0.1) is 12.6 Å². The summed E-state index contributed by atoms with van der Waals surface area (Å²) in [5.74, 6) is 0. The molecule has 64 valence electrons. The second-order valence-electron chi connectivity index (χ2n) is 2.17. The molecule has 1 aliphatic heterocycles. The first-order valence-electron chi connectivity index (χ1n) is 2.87. The van der Waals surface area contributed by atoms with Crippen LogP contribution >= 0.6 is 0 Å². The molecule has 1 aliphatic rings.